The third kappa shape index (κ3) is 2.45. The first-order valence-electron chi connectivity index (χ1n) is 5.43. The van der Waals surface area contributed by atoms with E-state index in [1.165, 1.54) is 18.2 Å². The molecule has 1 heterocycles. The smallest absolute Gasteiger partial charge is 0.380 e. The van der Waals surface area contributed by atoms with Crippen molar-refractivity contribution in [2.24, 2.45) is 0 Å². The molecular weight excluding hydrogens is 270 g/mol. The van der Waals surface area contributed by atoms with Gasteiger partial charge in [0, 0.05) is 11.5 Å². The van der Waals surface area contributed by atoms with Gasteiger partial charge in [-0.05, 0) is 13.0 Å². The minimum absolute atomic E-state index is 0.0783. The molecule has 0 unspecified atom stereocenters. The fourth-order valence-electron chi connectivity index (χ4n) is 1.60. The Balaban J connectivity index is 2.47. The summed E-state index contributed by atoms with van der Waals surface area (Å²) in [6, 6.07) is 6.01. The summed E-state index contributed by atoms with van der Waals surface area (Å²) < 4.78 is 4.99. The lowest BCUT2D eigenvalue weighted by molar-refractivity contribution is -0.382. The molecule has 0 fully saturated rings. The number of ether oxygens (including phenoxy) is 1. The molecule has 0 amide bonds. The van der Waals surface area contributed by atoms with E-state index in [2.05, 4.69) is 4.74 Å². The van der Waals surface area contributed by atoms with Crippen LogP contribution in [-0.2, 0) is 9.53 Å². The summed E-state index contributed by atoms with van der Waals surface area (Å²) in [7, 11) is 0. The molecule has 0 aliphatic rings. The number of Topliss-reactive ketones (excluding diaryl/α,β-unsaturated/α-hetero) is 1. The molecule has 0 bridgehead atoms. The molecule has 1 aromatic carbocycles. The van der Waals surface area contributed by atoms with Crippen LogP contribution >= 0.6 is 11.3 Å². The zero-order valence-electron chi connectivity index (χ0n) is 9.91. The van der Waals surface area contributed by atoms with E-state index >= 15 is 0 Å². The van der Waals surface area contributed by atoms with E-state index in [4.69, 9.17) is 0 Å². The molecule has 0 saturated heterocycles. The number of hydrogen-bond acceptors (Lipinski definition) is 6. The van der Waals surface area contributed by atoms with E-state index in [-0.39, 0.29) is 17.2 Å². The van der Waals surface area contributed by atoms with Gasteiger partial charge in [0.15, 0.2) is 0 Å². The Morgan fingerprint density at radius 3 is 2.79 bits per heavy atom. The van der Waals surface area contributed by atoms with E-state index in [0.717, 1.165) is 11.3 Å². The number of hydrogen-bond donors (Lipinski definition) is 0. The molecule has 6 nitrogen and oxygen atoms in total. The number of fused-ring (bicyclic) bond motifs is 1. The van der Waals surface area contributed by atoms with Gasteiger partial charge in [0.25, 0.3) is 11.5 Å². The topological polar surface area (TPSA) is 86.5 Å². The average molecular weight is 279 g/mol. The van der Waals surface area contributed by atoms with Crippen molar-refractivity contribution in [1.29, 1.82) is 0 Å². The molecule has 2 rings (SSSR count). The van der Waals surface area contributed by atoms with Gasteiger partial charge in [0.05, 0.1) is 16.4 Å². The number of nitro groups is 1. The Labute approximate surface area is 111 Å². The number of ketones is 1. The van der Waals surface area contributed by atoms with Crippen molar-refractivity contribution in [2.75, 3.05) is 6.61 Å². The standard InChI is InChI=1S/C12H9NO5S/c1-2-18-12(15)10(14)9-6-7-4-3-5-8(13(16)17)11(7)19-9/h3-6H,2H2,1H3. The summed E-state index contributed by atoms with van der Waals surface area (Å²) in [5.41, 5.74) is -0.0783. The quantitative estimate of drug-likeness (QED) is 0.282. The summed E-state index contributed by atoms with van der Waals surface area (Å²) in [4.78, 5) is 33.6. The van der Waals surface area contributed by atoms with Crippen LogP contribution in [0.15, 0.2) is 24.3 Å². The molecule has 0 atom stereocenters. The van der Waals surface area contributed by atoms with Gasteiger partial charge >= 0.3 is 5.97 Å². The van der Waals surface area contributed by atoms with Crippen LogP contribution in [0.3, 0.4) is 0 Å². The van der Waals surface area contributed by atoms with Crippen LogP contribution in [0.25, 0.3) is 10.1 Å². The molecule has 1 aromatic heterocycles. The van der Waals surface area contributed by atoms with Gasteiger partial charge in [-0.2, -0.15) is 0 Å². The first-order chi connectivity index (χ1) is 9.04. The van der Waals surface area contributed by atoms with Crippen LogP contribution in [0.1, 0.15) is 16.6 Å². The second-order valence-electron chi connectivity index (χ2n) is 3.61. The monoisotopic (exact) mass is 279 g/mol. The molecule has 0 N–H and O–H groups in total. The highest BCUT2D eigenvalue weighted by molar-refractivity contribution is 7.22. The maximum absolute atomic E-state index is 11.8. The zero-order valence-corrected chi connectivity index (χ0v) is 10.7. The lowest BCUT2D eigenvalue weighted by Crippen LogP contribution is -2.16. The van der Waals surface area contributed by atoms with Crippen LogP contribution < -0.4 is 0 Å². The number of nitrogens with zero attached hydrogens (tertiary/aromatic N) is 1. The number of carbonyl (C=O) groups excluding carboxylic acids is 2. The summed E-state index contributed by atoms with van der Waals surface area (Å²) in [6.07, 6.45) is 0. The van der Waals surface area contributed by atoms with E-state index in [1.54, 1.807) is 13.0 Å². The number of thiophene rings is 1. The predicted octanol–water partition coefficient (Wildman–Crippen LogP) is 2.56. The molecule has 7 heteroatoms. The number of carbonyl (C=O) groups is 2. The molecule has 0 aliphatic carbocycles. The Kier molecular flexibility index (Phi) is 3.57. The minimum Gasteiger partial charge on any atom is -0.460 e. The Bertz CT molecular complexity index is 676. The number of nitro benzene ring substituents is 1. The maximum atomic E-state index is 11.8. The van der Waals surface area contributed by atoms with Crippen molar-refractivity contribution < 1.29 is 19.2 Å². The van der Waals surface area contributed by atoms with Crippen molar-refractivity contribution >= 4 is 38.9 Å². The number of benzene rings is 1. The lowest BCUT2D eigenvalue weighted by Gasteiger charge is -1.97. The summed E-state index contributed by atoms with van der Waals surface area (Å²) >= 11 is 0.922. The van der Waals surface area contributed by atoms with Crippen molar-refractivity contribution in [1.82, 2.24) is 0 Å². The Morgan fingerprint density at radius 1 is 1.42 bits per heavy atom. The maximum Gasteiger partial charge on any atom is 0.380 e. The number of non-ortho nitro benzene ring substituents is 1. The number of rotatable bonds is 4. The number of esters is 1. The second-order valence-corrected chi connectivity index (χ2v) is 4.67. The van der Waals surface area contributed by atoms with Crippen LogP contribution in [0.4, 0.5) is 5.69 Å². The van der Waals surface area contributed by atoms with Crippen molar-refractivity contribution in [3.05, 3.63) is 39.3 Å². The third-order valence-corrected chi connectivity index (χ3v) is 3.58. The SMILES string of the molecule is CCOC(=O)C(=O)c1cc2cccc([N+](=O)[O-])c2s1. The minimum atomic E-state index is -0.947. The molecule has 0 aliphatic heterocycles. The van der Waals surface area contributed by atoms with Gasteiger partial charge in [0.2, 0.25) is 0 Å². The normalized spacial score (nSPS) is 10.4. The molecule has 0 radical (unpaired) electrons. The van der Waals surface area contributed by atoms with Crippen LogP contribution in [0, 0.1) is 10.1 Å². The van der Waals surface area contributed by atoms with Crippen LogP contribution in [-0.4, -0.2) is 23.3 Å². The second kappa shape index (κ2) is 5.15. The van der Waals surface area contributed by atoms with E-state index in [1.807, 2.05) is 0 Å². The van der Waals surface area contributed by atoms with E-state index in [0.29, 0.717) is 10.1 Å². The molecule has 2 aromatic rings. The van der Waals surface area contributed by atoms with Gasteiger partial charge in [-0.15, -0.1) is 11.3 Å². The first-order valence-corrected chi connectivity index (χ1v) is 6.24. The van der Waals surface area contributed by atoms with Crippen LogP contribution in [0.2, 0.25) is 0 Å². The fourth-order valence-corrected chi connectivity index (χ4v) is 2.67. The molecule has 98 valence electrons. The van der Waals surface area contributed by atoms with Crippen LogP contribution in [0.5, 0.6) is 0 Å². The Morgan fingerprint density at radius 2 is 2.16 bits per heavy atom. The predicted molar refractivity (Wildman–Crippen MR) is 69.4 cm³/mol. The van der Waals surface area contributed by atoms with Gasteiger partial charge in [-0.1, -0.05) is 12.1 Å². The summed E-state index contributed by atoms with van der Waals surface area (Å²) in [5.74, 6) is -1.73. The fraction of sp³-hybridized carbons (Fsp3) is 0.167. The van der Waals surface area contributed by atoms with E-state index in [9.17, 15) is 19.7 Å². The highest BCUT2D eigenvalue weighted by Gasteiger charge is 2.22. The van der Waals surface area contributed by atoms with Crippen molar-refractivity contribution in [2.45, 2.75) is 6.92 Å². The molecular formula is C12H9NO5S. The highest BCUT2D eigenvalue weighted by atomic mass is 32.1. The zero-order chi connectivity index (χ0) is 14.0. The van der Waals surface area contributed by atoms with Gasteiger partial charge in [-0.3, -0.25) is 14.9 Å². The van der Waals surface area contributed by atoms with E-state index < -0.39 is 16.7 Å². The summed E-state index contributed by atoms with van der Waals surface area (Å²) in [6.45, 7) is 1.70. The van der Waals surface area contributed by atoms with Gasteiger partial charge < -0.3 is 4.74 Å². The first kappa shape index (κ1) is 13.2. The average Bonchev–Trinajstić information content (AvgIpc) is 2.81. The Hall–Kier alpha value is -2.28. The molecule has 19 heavy (non-hydrogen) atoms. The molecule has 0 spiro atoms. The third-order valence-electron chi connectivity index (χ3n) is 2.40. The highest BCUT2D eigenvalue weighted by Crippen LogP contribution is 2.33. The lowest BCUT2D eigenvalue weighted by atomic mass is 10.2. The largest absolute Gasteiger partial charge is 0.460 e. The van der Waals surface area contributed by atoms with Crippen molar-refractivity contribution in [3.63, 3.8) is 0 Å². The summed E-state index contributed by atoms with van der Waals surface area (Å²) in [5, 5.41) is 11.4. The van der Waals surface area contributed by atoms with Gasteiger partial charge in [0.1, 0.15) is 4.70 Å². The molecule has 0 saturated carbocycles. The van der Waals surface area contributed by atoms with Gasteiger partial charge in [-0.25, -0.2) is 4.79 Å². The van der Waals surface area contributed by atoms with Crippen molar-refractivity contribution in [3.8, 4) is 0 Å².